The first-order valence-electron chi connectivity index (χ1n) is 10.7. The first-order valence-corrected chi connectivity index (χ1v) is 10.7. The minimum Gasteiger partial charge on any atom is -0.493 e. The molecule has 0 saturated carbocycles. The molecule has 2 aliphatic rings. The molecule has 0 unspecified atom stereocenters. The maximum absolute atomic E-state index is 5.50. The quantitative estimate of drug-likeness (QED) is 0.498. The Morgan fingerprint density at radius 2 is 1.55 bits per heavy atom. The van der Waals surface area contributed by atoms with Gasteiger partial charge in [-0.1, -0.05) is 48.5 Å². The molecule has 170 valence electrons. The number of rotatable bonds is 6. The molecule has 0 radical (unpaired) electrons. The Hall–Kier alpha value is -3.44. The van der Waals surface area contributed by atoms with Gasteiger partial charge in [0.15, 0.2) is 11.5 Å². The van der Waals surface area contributed by atoms with Crippen molar-refractivity contribution >= 4 is 30.0 Å². The largest absolute Gasteiger partial charge is 0.493 e. The number of amidine groups is 1. The molecule has 3 aromatic rings. The van der Waals surface area contributed by atoms with Gasteiger partial charge < -0.3 is 19.1 Å². The smallest absolute Gasteiger partial charge is 0.203 e. The van der Waals surface area contributed by atoms with Gasteiger partial charge in [-0.2, -0.15) is 0 Å². The molecule has 3 aromatic carbocycles. The zero-order valence-electron chi connectivity index (χ0n) is 19.0. The molecule has 2 heterocycles. The van der Waals surface area contributed by atoms with Gasteiger partial charge in [0.25, 0.3) is 0 Å². The first-order chi connectivity index (χ1) is 15.7. The van der Waals surface area contributed by atoms with E-state index >= 15 is 0 Å². The summed E-state index contributed by atoms with van der Waals surface area (Å²) in [6.07, 6.45) is 3.04. The second-order valence-electron chi connectivity index (χ2n) is 7.88. The van der Waals surface area contributed by atoms with E-state index in [9.17, 15) is 0 Å². The normalized spacial score (nSPS) is 13.8. The Balaban J connectivity index is 0.00000259. The van der Waals surface area contributed by atoms with E-state index in [0.29, 0.717) is 17.2 Å². The van der Waals surface area contributed by atoms with Gasteiger partial charge in [0.1, 0.15) is 5.84 Å². The van der Waals surface area contributed by atoms with Crippen LogP contribution in [0.2, 0.25) is 0 Å². The molecular formula is C27H27ClN2O3. The number of nitrogens with zero attached hydrogens (tertiary/aromatic N) is 2. The van der Waals surface area contributed by atoms with Crippen molar-refractivity contribution in [3.05, 3.63) is 88.5 Å². The second-order valence-corrected chi connectivity index (χ2v) is 7.88. The number of hydrogen-bond donors (Lipinski definition) is 0. The maximum Gasteiger partial charge on any atom is 0.203 e. The van der Waals surface area contributed by atoms with E-state index in [4.69, 9.17) is 19.2 Å². The predicted molar refractivity (Wildman–Crippen MR) is 135 cm³/mol. The van der Waals surface area contributed by atoms with Crippen LogP contribution < -0.4 is 14.2 Å². The molecule has 0 spiro atoms. The highest BCUT2D eigenvalue weighted by Gasteiger charge is 2.28. The van der Waals surface area contributed by atoms with Gasteiger partial charge in [0.05, 0.1) is 33.6 Å². The number of benzene rings is 3. The summed E-state index contributed by atoms with van der Waals surface area (Å²) >= 11 is 0. The lowest BCUT2D eigenvalue weighted by molar-refractivity contribution is 0.324. The highest BCUT2D eigenvalue weighted by atomic mass is 35.5. The monoisotopic (exact) mass is 462 g/mol. The molecule has 5 rings (SSSR count). The van der Waals surface area contributed by atoms with Crippen molar-refractivity contribution in [3.8, 4) is 17.2 Å². The van der Waals surface area contributed by atoms with Crippen LogP contribution in [-0.2, 0) is 6.42 Å². The van der Waals surface area contributed by atoms with Crippen molar-refractivity contribution < 1.29 is 14.2 Å². The molecule has 0 N–H and O–H groups in total. The zero-order chi connectivity index (χ0) is 22.1. The summed E-state index contributed by atoms with van der Waals surface area (Å²) in [6, 6.07) is 21.2. The molecule has 0 aromatic heterocycles. The summed E-state index contributed by atoms with van der Waals surface area (Å²) in [4.78, 5) is 7.09. The van der Waals surface area contributed by atoms with Gasteiger partial charge >= 0.3 is 0 Å². The number of methoxy groups -OCH3 is 3. The fourth-order valence-electron chi connectivity index (χ4n) is 4.47. The van der Waals surface area contributed by atoms with Crippen LogP contribution in [-0.4, -0.2) is 45.2 Å². The lowest BCUT2D eigenvalue weighted by atomic mass is 9.96. The molecule has 0 saturated heterocycles. The Bertz CT molecular complexity index is 1190. The summed E-state index contributed by atoms with van der Waals surface area (Å²) in [5.74, 6) is 3.04. The summed E-state index contributed by atoms with van der Waals surface area (Å²) in [5, 5.41) is 0. The van der Waals surface area contributed by atoms with Crippen LogP contribution in [0.3, 0.4) is 0 Å². The third kappa shape index (κ3) is 4.16. The van der Waals surface area contributed by atoms with Crippen LogP contribution in [0.1, 0.15) is 27.8 Å². The van der Waals surface area contributed by atoms with E-state index in [-0.39, 0.29) is 12.4 Å². The maximum atomic E-state index is 5.50. The van der Waals surface area contributed by atoms with E-state index < -0.39 is 0 Å². The highest BCUT2D eigenvalue weighted by molar-refractivity contribution is 6.12. The Kier molecular flexibility index (Phi) is 6.61. The Morgan fingerprint density at radius 1 is 0.848 bits per heavy atom. The summed E-state index contributed by atoms with van der Waals surface area (Å²) in [7, 11) is 4.90. The molecule has 0 atom stereocenters. The number of aliphatic imine (C=N–C) groups is 1. The standard InChI is InChI=1S/C27H26N2O3.ClH/c1-30-24-15-19(16-25(31-2)26(24)32-3)14-18-8-10-20(11-9-18)23-17-21-6-4-5-7-22(21)27-28-12-13-29(23)27;/h4-11,15-17H,12-14H2,1-3H3;1H. The van der Waals surface area contributed by atoms with E-state index in [0.717, 1.165) is 30.9 Å². The minimum absolute atomic E-state index is 0. The van der Waals surface area contributed by atoms with E-state index in [1.165, 1.54) is 28.0 Å². The van der Waals surface area contributed by atoms with Crippen LogP contribution >= 0.6 is 12.4 Å². The highest BCUT2D eigenvalue weighted by Crippen LogP contribution is 2.39. The third-order valence-electron chi connectivity index (χ3n) is 6.01. The molecule has 5 nitrogen and oxygen atoms in total. The molecular weight excluding hydrogens is 436 g/mol. The topological polar surface area (TPSA) is 43.3 Å². The zero-order valence-corrected chi connectivity index (χ0v) is 19.8. The van der Waals surface area contributed by atoms with Gasteiger partial charge in [-0.25, -0.2) is 0 Å². The molecule has 0 amide bonds. The number of ether oxygens (including phenoxy) is 3. The third-order valence-corrected chi connectivity index (χ3v) is 6.01. The summed E-state index contributed by atoms with van der Waals surface area (Å²) < 4.78 is 16.4. The average Bonchev–Trinajstić information content (AvgIpc) is 3.34. The van der Waals surface area contributed by atoms with Crippen LogP contribution in [0.25, 0.3) is 11.8 Å². The Morgan fingerprint density at radius 3 is 2.21 bits per heavy atom. The number of hydrogen-bond acceptors (Lipinski definition) is 5. The Labute approximate surface area is 200 Å². The number of fused-ring (bicyclic) bond motifs is 3. The van der Waals surface area contributed by atoms with Gasteiger partial charge in [-0.15, -0.1) is 12.4 Å². The second kappa shape index (κ2) is 9.59. The van der Waals surface area contributed by atoms with Gasteiger partial charge in [0.2, 0.25) is 5.75 Å². The van der Waals surface area contributed by atoms with Gasteiger partial charge in [-0.05, 0) is 46.9 Å². The molecule has 2 aliphatic heterocycles. The van der Waals surface area contributed by atoms with Crippen molar-refractivity contribution in [1.82, 2.24) is 4.90 Å². The summed E-state index contributed by atoms with van der Waals surface area (Å²) in [6.45, 7) is 1.75. The van der Waals surface area contributed by atoms with E-state index in [1.54, 1.807) is 21.3 Å². The molecule has 6 heteroatoms. The van der Waals surface area contributed by atoms with Crippen LogP contribution in [0.15, 0.2) is 65.7 Å². The van der Waals surface area contributed by atoms with Crippen LogP contribution in [0, 0.1) is 0 Å². The fraction of sp³-hybridized carbons (Fsp3) is 0.222. The molecule has 0 fully saturated rings. The van der Waals surface area contributed by atoms with Crippen molar-refractivity contribution in [2.24, 2.45) is 4.99 Å². The van der Waals surface area contributed by atoms with Gasteiger partial charge in [-0.3, -0.25) is 4.99 Å². The van der Waals surface area contributed by atoms with Crippen molar-refractivity contribution in [3.63, 3.8) is 0 Å². The van der Waals surface area contributed by atoms with Crippen LogP contribution in [0.5, 0.6) is 17.2 Å². The SMILES string of the molecule is COc1cc(Cc2ccc(C3=Cc4ccccc4C4=NCCN34)cc2)cc(OC)c1OC.Cl. The van der Waals surface area contributed by atoms with E-state index in [1.807, 2.05) is 12.1 Å². The van der Waals surface area contributed by atoms with Crippen molar-refractivity contribution in [2.75, 3.05) is 34.4 Å². The average molecular weight is 463 g/mol. The first kappa shape index (κ1) is 22.7. The lowest BCUT2D eigenvalue weighted by Crippen LogP contribution is -2.30. The van der Waals surface area contributed by atoms with Crippen molar-refractivity contribution in [2.45, 2.75) is 6.42 Å². The lowest BCUT2D eigenvalue weighted by Gasteiger charge is -2.29. The number of halogens is 1. The van der Waals surface area contributed by atoms with Crippen LogP contribution in [0.4, 0.5) is 0 Å². The van der Waals surface area contributed by atoms with Gasteiger partial charge in [0, 0.05) is 12.1 Å². The fourth-order valence-corrected chi connectivity index (χ4v) is 4.47. The van der Waals surface area contributed by atoms with Crippen molar-refractivity contribution in [1.29, 1.82) is 0 Å². The van der Waals surface area contributed by atoms with E-state index in [2.05, 4.69) is 59.5 Å². The molecule has 33 heavy (non-hydrogen) atoms. The molecule has 0 bridgehead atoms. The summed E-state index contributed by atoms with van der Waals surface area (Å²) in [5.41, 5.74) is 7.16. The predicted octanol–water partition coefficient (Wildman–Crippen LogP) is 5.30. The minimum atomic E-state index is 0. The molecule has 0 aliphatic carbocycles.